The van der Waals surface area contributed by atoms with Gasteiger partial charge in [0.25, 0.3) is 0 Å². The van der Waals surface area contributed by atoms with Gasteiger partial charge in [0.2, 0.25) is 11.6 Å². The van der Waals surface area contributed by atoms with Gasteiger partial charge in [0, 0.05) is 5.56 Å². The van der Waals surface area contributed by atoms with Crippen molar-refractivity contribution < 1.29 is 37.7 Å². The van der Waals surface area contributed by atoms with Gasteiger partial charge in [-0.25, -0.2) is 9.79 Å². The predicted octanol–water partition coefficient (Wildman–Crippen LogP) is 4.25. The summed E-state index contributed by atoms with van der Waals surface area (Å²) in [5.74, 6) is 2.53. The lowest BCUT2D eigenvalue weighted by Crippen LogP contribution is -2.07. The van der Waals surface area contributed by atoms with E-state index in [0.717, 1.165) is 11.3 Å². The Morgan fingerprint density at radius 2 is 1.58 bits per heavy atom. The van der Waals surface area contributed by atoms with Crippen molar-refractivity contribution in [3.8, 4) is 28.7 Å². The molecule has 1 aromatic heterocycles. The van der Waals surface area contributed by atoms with Crippen LogP contribution in [0.5, 0.6) is 28.7 Å². The van der Waals surface area contributed by atoms with E-state index in [1.807, 2.05) is 13.8 Å². The lowest BCUT2D eigenvalue weighted by atomic mass is 10.1. The summed E-state index contributed by atoms with van der Waals surface area (Å²) in [6, 6.07) is 8.61. The highest BCUT2D eigenvalue weighted by molar-refractivity contribution is 6.13. The maximum atomic E-state index is 12.6. The zero-order valence-corrected chi connectivity index (χ0v) is 20.8. The Hall–Kier alpha value is -4.47. The van der Waals surface area contributed by atoms with Gasteiger partial charge in [-0.1, -0.05) is 11.2 Å². The second-order valence-corrected chi connectivity index (χ2v) is 7.75. The predicted molar refractivity (Wildman–Crippen MR) is 130 cm³/mol. The summed E-state index contributed by atoms with van der Waals surface area (Å²) < 4.78 is 38.1. The quantitative estimate of drug-likeness (QED) is 0.318. The molecule has 2 aromatic carbocycles. The highest BCUT2D eigenvalue weighted by atomic mass is 16.6. The Morgan fingerprint density at radius 1 is 0.889 bits per heavy atom. The minimum Gasteiger partial charge on any atom is -0.493 e. The van der Waals surface area contributed by atoms with Crippen LogP contribution >= 0.6 is 0 Å². The molecule has 0 fully saturated rings. The summed E-state index contributed by atoms with van der Waals surface area (Å²) in [5.41, 5.74) is 2.96. The fourth-order valence-electron chi connectivity index (χ4n) is 3.65. The molecular weight excluding hydrogens is 468 g/mol. The minimum absolute atomic E-state index is 0.122. The van der Waals surface area contributed by atoms with E-state index in [9.17, 15) is 4.79 Å². The van der Waals surface area contributed by atoms with Crippen molar-refractivity contribution in [2.75, 3.05) is 28.4 Å². The van der Waals surface area contributed by atoms with Crippen molar-refractivity contribution in [2.24, 2.45) is 4.99 Å². The largest absolute Gasteiger partial charge is 0.493 e. The van der Waals surface area contributed by atoms with Crippen LogP contribution < -0.4 is 23.7 Å². The van der Waals surface area contributed by atoms with Gasteiger partial charge in [-0.15, -0.1) is 0 Å². The number of nitrogens with zero attached hydrogens (tertiary/aromatic N) is 2. The van der Waals surface area contributed by atoms with Gasteiger partial charge >= 0.3 is 5.97 Å². The molecule has 1 aliphatic rings. The molecule has 0 aliphatic carbocycles. The number of rotatable bonds is 9. The van der Waals surface area contributed by atoms with Crippen molar-refractivity contribution in [2.45, 2.75) is 20.5 Å². The van der Waals surface area contributed by atoms with E-state index in [0.29, 0.717) is 45.6 Å². The fourth-order valence-corrected chi connectivity index (χ4v) is 3.65. The highest BCUT2D eigenvalue weighted by Gasteiger charge is 2.26. The zero-order chi connectivity index (χ0) is 25.8. The third-order valence-corrected chi connectivity index (χ3v) is 5.58. The van der Waals surface area contributed by atoms with Gasteiger partial charge in [0.1, 0.15) is 12.4 Å². The Kier molecular flexibility index (Phi) is 7.14. The van der Waals surface area contributed by atoms with Crippen LogP contribution in [0.15, 0.2) is 45.5 Å². The van der Waals surface area contributed by atoms with Gasteiger partial charge in [0.05, 0.1) is 39.7 Å². The first-order chi connectivity index (χ1) is 17.4. The summed E-state index contributed by atoms with van der Waals surface area (Å²) in [6.07, 6.45) is 1.61. The van der Waals surface area contributed by atoms with Crippen molar-refractivity contribution in [3.63, 3.8) is 0 Å². The summed E-state index contributed by atoms with van der Waals surface area (Å²) >= 11 is 0. The highest BCUT2D eigenvalue weighted by Crippen LogP contribution is 2.39. The third kappa shape index (κ3) is 4.83. The number of aryl methyl sites for hydroxylation is 2. The van der Waals surface area contributed by atoms with E-state index < -0.39 is 5.97 Å². The Balaban J connectivity index is 1.59. The number of carbonyl (C=O) groups excluding carboxylic acids is 1. The van der Waals surface area contributed by atoms with Crippen LogP contribution in [-0.4, -0.2) is 45.5 Å². The molecule has 0 spiro atoms. The monoisotopic (exact) mass is 494 g/mol. The average molecular weight is 495 g/mol. The number of aromatic nitrogens is 1. The second kappa shape index (κ2) is 10.4. The van der Waals surface area contributed by atoms with Gasteiger partial charge in [-0.2, -0.15) is 0 Å². The van der Waals surface area contributed by atoms with E-state index in [2.05, 4.69) is 10.1 Å². The maximum Gasteiger partial charge on any atom is 0.363 e. The molecule has 0 atom stereocenters. The van der Waals surface area contributed by atoms with Crippen LogP contribution in [0.25, 0.3) is 6.08 Å². The molecule has 0 unspecified atom stereocenters. The van der Waals surface area contributed by atoms with Crippen molar-refractivity contribution >= 4 is 17.9 Å². The van der Waals surface area contributed by atoms with Crippen LogP contribution in [0.2, 0.25) is 0 Å². The smallest absolute Gasteiger partial charge is 0.363 e. The molecule has 3 aromatic rings. The number of aliphatic imine (C=N–C) groups is 1. The lowest BCUT2D eigenvalue weighted by Gasteiger charge is -2.13. The number of hydrogen-bond donors (Lipinski definition) is 0. The number of methoxy groups -OCH3 is 4. The van der Waals surface area contributed by atoms with Crippen molar-refractivity contribution in [1.29, 1.82) is 0 Å². The van der Waals surface area contributed by atoms with Gasteiger partial charge in [-0.05, 0) is 49.8 Å². The van der Waals surface area contributed by atoms with Crippen LogP contribution in [0, 0.1) is 13.8 Å². The van der Waals surface area contributed by atoms with E-state index >= 15 is 0 Å². The first-order valence-electron chi connectivity index (χ1n) is 10.9. The molecule has 10 nitrogen and oxygen atoms in total. The van der Waals surface area contributed by atoms with Gasteiger partial charge in [0.15, 0.2) is 28.7 Å². The van der Waals surface area contributed by atoms with Crippen LogP contribution in [0.1, 0.15) is 28.1 Å². The van der Waals surface area contributed by atoms with Crippen LogP contribution in [0.3, 0.4) is 0 Å². The Labute approximate surface area is 208 Å². The molecule has 188 valence electrons. The zero-order valence-electron chi connectivity index (χ0n) is 20.8. The number of cyclic esters (lactones) is 1. The second-order valence-electron chi connectivity index (χ2n) is 7.75. The van der Waals surface area contributed by atoms with E-state index in [4.69, 9.17) is 32.9 Å². The van der Waals surface area contributed by atoms with Crippen molar-refractivity contribution in [1.82, 2.24) is 5.16 Å². The van der Waals surface area contributed by atoms with Crippen LogP contribution in [-0.2, 0) is 16.1 Å². The van der Waals surface area contributed by atoms with E-state index in [1.54, 1.807) is 43.5 Å². The minimum atomic E-state index is -0.587. The van der Waals surface area contributed by atoms with E-state index in [-0.39, 0.29) is 18.2 Å². The lowest BCUT2D eigenvalue weighted by molar-refractivity contribution is -0.129. The van der Waals surface area contributed by atoms with Crippen molar-refractivity contribution in [3.05, 3.63) is 64.2 Å². The molecule has 0 amide bonds. The summed E-state index contributed by atoms with van der Waals surface area (Å²) in [4.78, 5) is 16.9. The Bertz CT molecular complexity index is 1310. The molecule has 36 heavy (non-hydrogen) atoms. The summed E-state index contributed by atoms with van der Waals surface area (Å²) in [6.45, 7) is 3.97. The van der Waals surface area contributed by atoms with Gasteiger partial charge in [-0.3, -0.25) is 0 Å². The molecular formula is C26H26N2O8. The summed E-state index contributed by atoms with van der Waals surface area (Å²) in [5, 5.41) is 3.94. The first-order valence-corrected chi connectivity index (χ1v) is 10.9. The normalized spacial score (nSPS) is 13.9. The summed E-state index contributed by atoms with van der Waals surface area (Å²) in [7, 11) is 6.06. The molecule has 0 saturated carbocycles. The molecule has 0 bridgehead atoms. The first kappa shape index (κ1) is 24.6. The maximum absolute atomic E-state index is 12.6. The fraction of sp³-hybridized carbons (Fsp3) is 0.269. The number of benzene rings is 2. The number of hydrogen-bond acceptors (Lipinski definition) is 10. The number of ether oxygens (including phenoxy) is 6. The van der Waals surface area contributed by atoms with Gasteiger partial charge < -0.3 is 32.9 Å². The SMILES string of the molecule is COc1cc(/C=C2\N=C(c3cc(OC)c(OC)c(OC)c3)OC2=O)ccc1OCc1c(C)noc1C. The topological polar surface area (TPSA) is 111 Å². The molecule has 1 aliphatic heterocycles. The number of carbonyl (C=O) groups is 1. The molecule has 2 heterocycles. The molecule has 0 N–H and O–H groups in total. The third-order valence-electron chi connectivity index (χ3n) is 5.58. The molecule has 0 radical (unpaired) electrons. The molecule has 10 heteroatoms. The Morgan fingerprint density at radius 3 is 2.17 bits per heavy atom. The average Bonchev–Trinajstić information content (AvgIpc) is 3.42. The number of esters is 1. The molecule has 4 rings (SSSR count). The van der Waals surface area contributed by atoms with Crippen LogP contribution in [0.4, 0.5) is 0 Å². The standard InChI is InChI=1S/C26H26N2O8/c1-14-18(15(2)36-28-14)13-34-20-8-7-16(10-21(20)30-3)9-19-26(29)35-25(27-19)17-11-22(31-4)24(33-6)23(12-17)32-5/h7-12H,13H2,1-6H3/b19-9-. The van der Waals surface area contributed by atoms with E-state index in [1.165, 1.54) is 21.3 Å². The molecule has 0 saturated heterocycles.